The van der Waals surface area contributed by atoms with Crippen molar-refractivity contribution in [3.63, 3.8) is 0 Å². The average Bonchev–Trinajstić information content (AvgIpc) is 3.01. The van der Waals surface area contributed by atoms with Crippen molar-refractivity contribution in [2.24, 2.45) is 5.92 Å². The molecule has 1 N–H and O–H groups in total. The fraction of sp³-hybridized carbons (Fsp3) is 0.571. The van der Waals surface area contributed by atoms with E-state index in [9.17, 15) is 4.79 Å². The van der Waals surface area contributed by atoms with Crippen LogP contribution in [0, 0.1) is 5.92 Å². The molecule has 3 rings (SSSR count). The zero-order valence-corrected chi connectivity index (χ0v) is 10.7. The quantitative estimate of drug-likeness (QED) is 0.869. The van der Waals surface area contributed by atoms with Crippen LogP contribution in [0.2, 0.25) is 0 Å². The van der Waals surface area contributed by atoms with Crippen molar-refractivity contribution in [1.29, 1.82) is 0 Å². The first-order valence-corrected chi connectivity index (χ1v) is 6.64. The third-order valence-corrected chi connectivity index (χ3v) is 4.16. The standard InChI is InChI=1S/C14H19N3O/c1-17(9-10-4-6-15-7-5-10)14(18)12-8-11-2-3-13(12)16-11/h4-7,11-13,16H,2-3,8-9H2,1H3. The molecule has 2 saturated heterocycles. The van der Waals surface area contributed by atoms with Crippen LogP contribution in [-0.2, 0) is 11.3 Å². The van der Waals surface area contributed by atoms with Gasteiger partial charge < -0.3 is 10.2 Å². The molecule has 4 heteroatoms. The molecule has 1 aromatic heterocycles. The summed E-state index contributed by atoms with van der Waals surface area (Å²) in [6, 6.07) is 4.92. The average molecular weight is 245 g/mol. The highest BCUT2D eigenvalue weighted by molar-refractivity contribution is 5.80. The summed E-state index contributed by atoms with van der Waals surface area (Å²) < 4.78 is 0. The molecule has 0 aromatic carbocycles. The Bertz CT molecular complexity index is 434. The number of hydrogen-bond donors (Lipinski definition) is 1. The monoisotopic (exact) mass is 245 g/mol. The zero-order valence-electron chi connectivity index (χ0n) is 10.7. The summed E-state index contributed by atoms with van der Waals surface area (Å²) in [6.45, 7) is 0.676. The van der Waals surface area contributed by atoms with Gasteiger partial charge in [0.15, 0.2) is 0 Å². The van der Waals surface area contributed by atoms with Crippen molar-refractivity contribution in [1.82, 2.24) is 15.2 Å². The summed E-state index contributed by atoms with van der Waals surface area (Å²) in [5.74, 6) is 0.474. The van der Waals surface area contributed by atoms with Crippen molar-refractivity contribution >= 4 is 5.91 Å². The highest BCUT2D eigenvalue weighted by Crippen LogP contribution is 2.34. The zero-order chi connectivity index (χ0) is 12.5. The maximum Gasteiger partial charge on any atom is 0.227 e. The Hall–Kier alpha value is -1.42. The fourth-order valence-electron chi connectivity index (χ4n) is 3.22. The number of aromatic nitrogens is 1. The molecule has 3 unspecified atom stereocenters. The third-order valence-electron chi connectivity index (χ3n) is 4.16. The molecule has 1 aromatic rings. The lowest BCUT2D eigenvalue weighted by Gasteiger charge is -2.25. The Kier molecular flexibility index (Phi) is 3.04. The van der Waals surface area contributed by atoms with Crippen molar-refractivity contribution in [2.45, 2.75) is 37.9 Å². The van der Waals surface area contributed by atoms with E-state index >= 15 is 0 Å². The number of pyridine rings is 1. The van der Waals surface area contributed by atoms with E-state index in [2.05, 4.69) is 10.3 Å². The molecule has 3 atom stereocenters. The van der Waals surface area contributed by atoms with E-state index in [4.69, 9.17) is 0 Å². The van der Waals surface area contributed by atoms with Gasteiger partial charge in [-0.05, 0) is 37.0 Å². The lowest BCUT2D eigenvalue weighted by molar-refractivity contribution is -0.135. The van der Waals surface area contributed by atoms with Crippen LogP contribution in [0.1, 0.15) is 24.8 Å². The van der Waals surface area contributed by atoms with Gasteiger partial charge in [-0.1, -0.05) is 0 Å². The van der Waals surface area contributed by atoms with Gasteiger partial charge >= 0.3 is 0 Å². The van der Waals surface area contributed by atoms with Crippen LogP contribution in [0.4, 0.5) is 0 Å². The second-order valence-corrected chi connectivity index (χ2v) is 5.44. The molecule has 2 bridgehead atoms. The maximum absolute atomic E-state index is 12.4. The third kappa shape index (κ3) is 2.12. The fourth-order valence-corrected chi connectivity index (χ4v) is 3.22. The Morgan fingerprint density at radius 2 is 2.22 bits per heavy atom. The summed E-state index contributed by atoms with van der Waals surface area (Å²) in [5.41, 5.74) is 1.14. The van der Waals surface area contributed by atoms with E-state index in [0.29, 0.717) is 18.6 Å². The number of nitrogens with zero attached hydrogens (tertiary/aromatic N) is 2. The summed E-state index contributed by atoms with van der Waals surface area (Å²) in [4.78, 5) is 18.3. The number of nitrogens with one attached hydrogen (secondary N) is 1. The van der Waals surface area contributed by atoms with E-state index < -0.39 is 0 Å². The van der Waals surface area contributed by atoms with Gasteiger partial charge in [-0.15, -0.1) is 0 Å². The Morgan fingerprint density at radius 3 is 2.83 bits per heavy atom. The first-order valence-electron chi connectivity index (χ1n) is 6.64. The molecule has 3 heterocycles. The highest BCUT2D eigenvalue weighted by atomic mass is 16.2. The summed E-state index contributed by atoms with van der Waals surface area (Å²) in [6.07, 6.45) is 6.95. The van der Waals surface area contributed by atoms with Crippen LogP contribution in [-0.4, -0.2) is 34.9 Å². The largest absolute Gasteiger partial charge is 0.341 e. The van der Waals surface area contributed by atoms with Crippen LogP contribution in [0.3, 0.4) is 0 Å². The number of amides is 1. The van der Waals surface area contributed by atoms with Gasteiger partial charge in [0.25, 0.3) is 0 Å². The predicted octanol–water partition coefficient (Wildman–Crippen LogP) is 1.18. The minimum absolute atomic E-state index is 0.190. The lowest BCUT2D eigenvalue weighted by Crippen LogP contribution is -2.38. The topological polar surface area (TPSA) is 45.2 Å². The van der Waals surface area contributed by atoms with Crippen molar-refractivity contribution in [3.8, 4) is 0 Å². The van der Waals surface area contributed by atoms with Gasteiger partial charge in [0.05, 0.1) is 5.92 Å². The second kappa shape index (κ2) is 4.69. The predicted molar refractivity (Wildman–Crippen MR) is 68.8 cm³/mol. The molecule has 2 aliphatic rings. The summed E-state index contributed by atoms with van der Waals surface area (Å²) in [5, 5.41) is 3.52. The maximum atomic E-state index is 12.4. The smallest absolute Gasteiger partial charge is 0.227 e. The van der Waals surface area contributed by atoms with Gasteiger partial charge in [0.1, 0.15) is 0 Å². The van der Waals surface area contributed by atoms with E-state index in [1.54, 1.807) is 12.4 Å². The van der Waals surface area contributed by atoms with Crippen LogP contribution in [0.15, 0.2) is 24.5 Å². The van der Waals surface area contributed by atoms with Gasteiger partial charge in [-0.2, -0.15) is 0 Å². The minimum Gasteiger partial charge on any atom is -0.341 e. The molecule has 4 nitrogen and oxygen atoms in total. The number of fused-ring (bicyclic) bond motifs is 2. The number of rotatable bonds is 3. The first-order chi connectivity index (χ1) is 8.74. The molecule has 0 spiro atoms. The molecular formula is C14H19N3O. The lowest BCUT2D eigenvalue weighted by atomic mass is 9.88. The van der Waals surface area contributed by atoms with E-state index in [1.165, 1.54) is 6.42 Å². The number of hydrogen-bond acceptors (Lipinski definition) is 3. The second-order valence-electron chi connectivity index (χ2n) is 5.44. The molecule has 2 aliphatic heterocycles. The van der Waals surface area contributed by atoms with Gasteiger partial charge in [-0.25, -0.2) is 0 Å². The summed E-state index contributed by atoms with van der Waals surface area (Å²) >= 11 is 0. The van der Waals surface area contributed by atoms with Crippen molar-refractivity contribution < 1.29 is 4.79 Å². The molecule has 2 fully saturated rings. The Morgan fingerprint density at radius 1 is 1.44 bits per heavy atom. The van der Waals surface area contributed by atoms with E-state index in [0.717, 1.165) is 18.4 Å². The Balaban J connectivity index is 1.62. The van der Waals surface area contributed by atoms with Crippen LogP contribution in [0.5, 0.6) is 0 Å². The van der Waals surface area contributed by atoms with Crippen LogP contribution in [0.25, 0.3) is 0 Å². The molecule has 96 valence electrons. The van der Waals surface area contributed by atoms with Gasteiger partial charge in [-0.3, -0.25) is 9.78 Å². The molecule has 0 saturated carbocycles. The van der Waals surface area contributed by atoms with Crippen molar-refractivity contribution in [3.05, 3.63) is 30.1 Å². The van der Waals surface area contributed by atoms with E-state index in [1.807, 2.05) is 24.1 Å². The SMILES string of the molecule is CN(Cc1ccncc1)C(=O)C1CC2CCC1N2. The van der Waals surface area contributed by atoms with E-state index in [-0.39, 0.29) is 11.8 Å². The minimum atomic E-state index is 0.190. The normalized spacial score (nSPS) is 29.5. The Labute approximate surface area is 107 Å². The first kappa shape index (κ1) is 11.7. The number of carbonyl (C=O) groups is 1. The molecule has 0 aliphatic carbocycles. The highest BCUT2D eigenvalue weighted by Gasteiger charge is 2.43. The van der Waals surface area contributed by atoms with Crippen molar-refractivity contribution in [2.75, 3.05) is 7.05 Å². The van der Waals surface area contributed by atoms with Crippen LogP contribution < -0.4 is 5.32 Å². The summed E-state index contributed by atoms with van der Waals surface area (Å²) in [7, 11) is 1.90. The molecule has 0 radical (unpaired) electrons. The van der Waals surface area contributed by atoms with Gasteiger partial charge in [0.2, 0.25) is 5.91 Å². The molecular weight excluding hydrogens is 226 g/mol. The number of carbonyl (C=O) groups excluding carboxylic acids is 1. The van der Waals surface area contributed by atoms with Gasteiger partial charge in [0, 0.05) is 38.1 Å². The molecule has 18 heavy (non-hydrogen) atoms. The molecule has 1 amide bonds. The van der Waals surface area contributed by atoms with Crippen LogP contribution >= 0.6 is 0 Å².